The van der Waals surface area contributed by atoms with Gasteiger partial charge in [0.1, 0.15) is 17.7 Å². The molecule has 1 aromatic rings. The molecule has 5 heteroatoms. The molecule has 0 spiro atoms. The van der Waals surface area contributed by atoms with Gasteiger partial charge in [-0.25, -0.2) is 4.79 Å². The normalized spacial score (nSPS) is 13.4. The van der Waals surface area contributed by atoms with Crippen LogP contribution in [0.25, 0.3) is 0 Å². The minimum absolute atomic E-state index is 0.263. The van der Waals surface area contributed by atoms with Crippen molar-refractivity contribution in [2.24, 2.45) is 0 Å². The largest absolute Gasteiger partial charge is 0.442 e. The maximum Gasteiger partial charge on any atom is 0.435 e. The number of carbonyl (C=O) groups is 1. The molecule has 0 aliphatic rings. The Kier molecular flexibility index (Phi) is 8.47. The Labute approximate surface area is 150 Å². The SMILES string of the molecule is CCC(C#CC(CCc1ccccc1)OC)N(O)C(=O)OC(C)(C)C. The van der Waals surface area contributed by atoms with Crippen LogP contribution >= 0.6 is 0 Å². The minimum atomic E-state index is -0.799. The molecule has 1 aromatic carbocycles. The van der Waals surface area contributed by atoms with E-state index in [0.29, 0.717) is 11.5 Å². The number of rotatable bonds is 6. The van der Waals surface area contributed by atoms with Crippen LogP contribution in [0.5, 0.6) is 0 Å². The Morgan fingerprint density at radius 1 is 1.24 bits per heavy atom. The second-order valence-corrected chi connectivity index (χ2v) is 6.79. The van der Waals surface area contributed by atoms with Crippen LogP contribution in [0.1, 0.15) is 46.1 Å². The highest BCUT2D eigenvalue weighted by molar-refractivity contribution is 5.67. The lowest BCUT2D eigenvalue weighted by molar-refractivity contribution is -0.108. The quantitative estimate of drug-likeness (QED) is 0.479. The van der Waals surface area contributed by atoms with E-state index in [-0.39, 0.29) is 6.10 Å². The van der Waals surface area contributed by atoms with Gasteiger partial charge in [0.2, 0.25) is 0 Å². The van der Waals surface area contributed by atoms with Gasteiger partial charge in [0, 0.05) is 7.11 Å². The van der Waals surface area contributed by atoms with Gasteiger partial charge in [-0.05, 0) is 45.6 Å². The van der Waals surface area contributed by atoms with Crippen molar-refractivity contribution in [3.05, 3.63) is 35.9 Å². The van der Waals surface area contributed by atoms with Gasteiger partial charge in [0.25, 0.3) is 0 Å². The van der Waals surface area contributed by atoms with Gasteiger partial charge in [-0.2, -0.15) is 5.06 Å². The van der Waals surface area contributed by atoms with Gasteiger partial charge in [0.15, 0.2) is 0 Å². The smallest absolute Gasteiger partial charge is 0.435 e. The number of hydrogen-bond donors (Lipinski definition) is 1. The molecule has 0 aromatic heterocycles. The van der Waals surface area contributed by atoms with Crippen LogP contribution in [0.4, 0.5) is 4.79 Å². The fraction of sp³-hybridized carbons (Fsp3) is 0.550. The predicted octanol–water partition coefficient (Wildman–Crippen LogP) is 4.04. The zero-order valence-corrected chi connectivity index (χ0v) is 15.8. The Morgan fingerprint density at radius 3 is 2.40 bits per heavy atom. The van der Waals surface area contributed by atoms with Gasteiger partial charge in [-0.1, -0.05) is 49.1 Å². The van der Waals surface area contributed by atoms with Crippen molar-refractivity contribution in [1.82, 2.24) is 5.06 Å². The van der Waals surface area contributed by atoms with E-state index in [9.17, 15) is 10.0 Å². The summed E-state index contributed by atoms with van der Waals surface area (Å²) in [6.45, 7) is 7.08. The molecule has 1 N–H and O–H groups in total. The summed E-state index contributed by atoms with van der Waals surface area (Å²) in [6.07, 6.45) is 1.01. The monoisotopic (exact) mass is 347 g/mol. The molecule has 25 heavy (non-hydrogen) atoms. The van der Waals surface area contributed by atoms with E-state index in [1.807, 2.05) is 25.1 Å². The number of amides is 1. The van der Waals surface area contributed by atoms with Crippen molar-refractivity contribution in [2.75, 3.05) is 7.11 Å². The number of nitrogens with zero attached hydrogens (tertiary/aromatic N) is 1. The van der Waals surface area contributed by atoms with Crippen molar-refractivity contribution in [3.8, 4) is 11.8 Å². The molecule has 0 aliphatic heterocycles. The lowest BCUT2D eigenvalue weighted by Gasteiger charge is -2.26. The first kappa shape index (κ1) is 21.0. The average Bonchev–Trinajstić information content (AvgIpc) is 2.57. The first-order chi connectivity index (χ1) is 11.8. The molecule has 0 radical (unpaired) electrons. The lowest BCUT2D eigenvalue weighted by atomic mass is 10.1. The van der Waals surface area contributed by atoms with Crippen molar-refractivity contribution in [1.29, 1.82) is 0 Å². The molecule has 5 nitrogen and oxygen atoms in total. The third-order valence-corrected chi connectivity index (χ3v) is 3.50. The van der Waals surface area contributed by atoms with Gasteiger partial charge < -0.3 is 9.47 Å². The van der Waals surface area contributed by atoms with Crippen LogP contribution in [-0.2, 0) is 15.9 Å². The molecule has 0 saturated heterocycles. The fourth-order valence-electron chi connectivity index (χ4n) is 2.15. The first-order valence-electron chi connectivity index (χ1n) is 8.55. The molecule has 0 fully saturated rings. The summed E-state index contributed by atoms with van der Waals surface area (Å²) < 4.78 is 10.6. The van der Waals surface area contributed by atoms with Crippen LogP contribution in [0, 0.1) is 11.8 Å². The average molecular weight is 347 g/mol. The first-order valence-corrected chi connectivity index (χ1v) is 8.55. The number of carbonyl (C=O) groups excluding carboxylic acids is 1. The Morgan fingerprint density at radius 2 is 1.88 bits per heavy atom. The van der Waals surface area contributed by atoms with Crippen molar-refractivity contribution in [3.63, 3.8) is 0 Å². The molecule has 0 saturated carbocycles. The molecule has 2 atom stereocenters. The highest BCUT2D eigenvalue weighted by atomic mass is 16.6. The Balaban J connectivity index is 2.66. The maximum absolute atomic E-state index is 11.9. The van der Waals surface area contributed by atoms with Crippen molar-refractivity contribution in [2.45, 2.75) is 64.7 Å². The number of ether oxygens (including phenoxy) is 2. The van der Waals surface area contributed by atoms with E-state index in [1.54, 1.807) is 27.9 Å². The second-order valence-electron chi connectivity index (χ2n) is 6.79. The molecular weight excluding hydrogens is 318 g/mol. The summed E-state index contributed by atoms with van der Waals surface area (Å²) in [6, 6.07) is 9.47. The third-order valence-electron chi connectivity index (χ3n) is 3.50. The van der Waals surface area contributed by atoms with Crippen LogP contribution in [0.3, 0.4) is 0 Å². The van der Waals surface area contributed by atoms with Crippen LogP contribution in [0.2, 0.25) is 0 Å². The molecule has 0 bridgehead atoms. The van der Waals surface area contributed by atoms with Crippen molar-refractivity contribution >= 4 is 6.09 Å². The van der Waals surface area contributed by atoms with E-state index in [1.165, 1.54) is 5.56 Å². The zero-order valence-electron chi connectivity index (χ0n) is 15.8. The highest BCUT2D eigenvalue weighted by Gasteiger charge is 2.25. The van der Waals surface area contributed by atoms with Gasteiger partial charge in [-0.15, -0.1) is 0 Å². The molecule has 0 heterocycles. The zero-order chi connectivity index (χ0) is 18.9. The summed E-state index contributed by atoms with van der Waals surface area (Å²) in [5.41, 5.74) is 0.546. The molecular formula is C20H29NO4. The number of hydrogen-bond acceptors (Lipinski definition) is 4. The maximum atomic E-state index is 11.9. The summed E-state index contributed by atoms with van der Waals surface area (Å²) in [5, 5.41) is 10.6. The summed E-state index contributed by atoms with van der Waals surface area (Å²) in [4.78, 5) is 11.9. The van der Waals surface area contributed by atoms with E-state index >= 15 is 0 Å². The lowest BCUT2D eigenvalue weighted by Crippen LogP contribution is -2.40. The Hall–Kier alpha value is -2.03. The fourth-order valence-corrected chi connectivity index (χ4v) is 2.15. The number of methoxy groups -OCH3 is 1. The van der Waals surface area contributed by atoms with Gasteiger partial charge in [0.05, 0.1) is 0 Å². The summed E-state index contributed by atoms with van der Waals surface area (Å²) in [5.74, 6) is 5.93. The van der Waals surface area contributed by atoms with Gasteiger partial charge >= 0.3 is 6.09 Å². The number of aryl methyl sites for hydroxylation is 1. The van der Waals surface area contributed by atoms with Crippen LogP contribution in [-0.4, -0.2) is 41.2 Å². The second kappa shape index (κ2) is 10.1. The minimum Gasteiger partial charge on any atom is -0.442 e. The molecule has 0 aliphatic carbocycles. The van der Waals surface area contributed by atoms with Gasteiger partial charge in [-0.3, -0.25) is 5.21 Å². The standard InChI is InChI=1S/C20H29NO4/c1-6-17(21(23)19(22)25-20(2,3)4)13-15-18(24-5)14-12-16-10-8-7-9-11-16/h7-11,17-18,23H,6,12,14H2,1-5H3. The number of hydroxylamine groups is 2. The predicted molar refractivity (Wildman–Crippen MR) is 97.3 cm³/mol. The molecule has 2 unspecified atom stereocenters. The van der Waals surface area contributed by atoms with E-state index < -0.39 is 17.7 Å². The van der Waals surface area contributed by atoms with E-state index in [0.717, 1.165) is 12.8 Å². The molecule has 1 rings (SSSR count). The topological polar surface area (TPSA) is 59.0 Å². The van der Waals surface area contributed by atoms with Crippen molar-refractivity contribution < 1.29 is 19.5 Å². The van der Waals surface area contributed by atoms with Crippen LogP contribution in [0.15, 0.2) is 30.3 Å². The van der Waals surface area contributed by atoms with E-state index in [4.69, 9.17) is 9.47 Å². The summed E-state index contributed by atoms with van der Waals surface area (Å²) >= 11 is 0. The van der Waals surface area contributed by atoms with E-state index in [2.05, 4.69) is 24.0 Å². The summed E-state index contributed by atoms with van der Waals surface area (Å²) in [7, 11) is 1.61. The third kappa shape index (κ3) is 8.06. The molecule has 138 valence electrons. The number of benzene rings is 1. The van der Waals surface area contributed by atoms with Crippen LogP contribution < -0.4 is 0 Å². The Bertz CT molecular complexity index is 583. The molecule has 1 amide bonds. The highest BCUT2D eigenvalue weighted by Crippen LogP contribution is 2.12.